The van der Waals surface area contributed by atoms with E-state index in [0.29, 0.717) is 43.4 Å². The summed E-state index contributed by atoms with van der Waals surface area (Å²) in [6.07, 6.45) is 4.06. The molecule has 2 aliphatic rings. The molecule has 0 radical (unpaired) electrons. The van der Waals surface area contributed by atoms with Crippen LogP contribution in [0.4, 0.5) is 0 Å². The van der Waals surface area contributed by atoms with Gasteiger partial charge < -0.3 is 19.1 Å². The summed E-state index contributed by atoms with van der Waals surface area (Å²) in [6.45, 7) is 5.50. The minimum atomic E-state index is -0.208. The van der Waals surface area contributed by atoms with Crippen molar-refractivity contribution in [3.8, 4) is 0 Å². The number of benzene rings is 2. The van der Waals surface area contributed by atoms with Gasteiger partial charge in [0.2, 0.25) is 5.91 Å². The monoisotopic (exact) mass is 534 g/mol. The van der Waals surface area contributed by atoms with Crippen LogP contribution in [0.5, 0.6) is 0 Å². The molecule has 0 spiro atoms. The Balaban J connectivity index is 1.30. The number of aromatic nitrogens is 1. The zero-order chi connectivity index (χ0) is 26.3. The number of hydrogen-bond acceptors (Lipinski definition) is 4. The van der Waals surface area contributed by atoms with Crippen molar-refractivity contribution in [1.29, 1.82) is 0 Å². The van der Waals surface area contributed by atoms with Gasteiger partial charge in [-0.05, 0) is 42.7 Å². The number of carbonyl (C=O) groups excluding carboxylic acids is 2. The van der Waals surface area contributed by atoms with Gasteiger partial charge in [0, 0.05) is 50.7 Å². The van der Waals surface area contributed by atoms with Crippen molar-refractivity contribution in [2.45, 2.75) is 32.0 Å². The molecule has 3 aromatic rings. The zero-order valence-corrected chi connectivity index (χ0v) is 22.4. The summed E-state index contributed by atoms with van der Waals surface area (Å²) >= 11 is 6.38. The molecular weight excluding hydrogens is 500 g/mol. The quantitative estimate of drug-likeness (QED) is 0.371. The molecule has 38 heavy (non-hydrogen) atoms. The zero-order valence-electron chi connectivity index (χ0n) is 21.7. The summed E-state index contributed by atoms with van der Waals surface area (Å²) in [4.78, 5) is 33.2. The van der Waals surface area contributed by atoms with Crippen molar-refractivity contribution < 1.29 is 14.3 Å². The first-order valence-electron chi connectivity index (χ1n) is 13.4. The second-order valence-corrected chi connectivity index (χ2v) is 10.4. The number of ether oxygens (including phenoxy) is 1. The molecule has 0 bridgehead atoms. The summed E-state index contributed by atoms with van der Waals surface area (Å²) in [7, 11) is 0. The van der Waals surface area contributed by atoms with Crippen LogP contribution in [0, 0.1) is 0 Å². The lowest BCUT2D eigenvalue weighted by Gasteiger charge is -2.31. The molecule has 2 amide bonds. The average Bonchev–Trinajstić information content (AvgIpc) is 3.70. The third-order valence-corrected chi connectivity index (χ3v) is 7.60. The second kappa shape index (κ2) is 12.6. The van der Waals surface area contributed by atoms with Crippen molar-refractivity contribution in [3.63, 3.8) is 0 Å². The summed E-state index contributed by atoms with van der Waals surface area (Å²) < 4.78 is 7.66. The minimum Gasteiger partial charge on any atom is -0.379 e. The molecule has 1 saturated carbocycles. The first-order chi connectivity index (χ1) is 18.6. The van der Waals surface area contributed by atoms with Gasteiger partial charge in [-0.25, -0.2) is 0 Å². The molecule has 7 nitrogen and oxygen atoms in total. The van der Waals surface area contributed by atoms with Crippen molar-refractivity contribution in [2.75, 3.05) is 45.9 Å². The molecule has 2 heterocycles. The van der Waals surface area contributed by atoms with E-state index in [2.05, 4.69) is 33.9 Å². The first kappa shape index (κ1) is 26.5. The molecule has 0 atom stereocenters. The van der Waals surface area contributed by atoms with Gasteiger partial charge in [0.1, 0.15) is 6.54 Å². The molecule has 8 heteroatoms. The van der Waals surface area contributed by atoms with E-state index in [9.17, 15) is 9.59 Å². The third-order valence-electron chi connectivity index (χ3n) is 7.27. The van der Waals surface area contributed by atoms with E-state index >= 15 is 0 Å². The molecule has 200 valence electrons. The molecule has 0 N–H and O–H groups in total. The predicted octanol–water partition coefficient (Wildman–Crippen LogP) is 4.16. The Morgan fingerprint density at radius 2 is 1.68 bits per heavy atom. The molecule has 1 saturated heterocycles. The Hall–Kier alpha value is -3.13. The standard InChI is InChI=1S/C30H35ClN4O3/c31-28-11-5-4-10-27(28)30(37)34(16-15-32-17-19-38-20-18-32)23-29(36)35(25-12-13-25)22-26-9-6-14-33(26)21-24-7-2-1-3-8-24/h1-11,14,25H,12-13,15-23H2. The van der Waals surface area contributed by atoms with Crippen LogP contribution in [0.3, 0.4) is 0 Å². The number of rotatable bonds is 11. The molecule has 1 aliphatic heterocycles. The van der Waals surface area contributed by atoms with Crippen molar-refractivity contribution in [2.24, 2.45) is 0 Å². The van der Waals surface area contributed by atoms with Gasteiger partial charge >= 0.3 is 0 Å². The summed E-state index contributed by atoms with van der Waals surface area (Å²) in [5, 5.41) is 0.402. The second-order valence-electron chi connectivity index (χ2n) is 10.0. The van der Waals surface area contributed by atoms with E-state index in [1.165, 1.54) is 5.56 Å². The van der Waals surface area contributed by atoms with E-state index < -0.39 is 0 Å². The number of carbonyl (C=O) groups is 2. The summed E-state index contributed by atoms with van der Waals surface area (Å²) in [5.74, 6) is -0.234. The van der Waals surface area contributed by atoms with Gasteiger partial charge in [0.05, 0.1) is 30.3 Å². The van der Waals surface area contributed by atoms with Crippen molar-refractivity contribution >= 4 is 23.4 Å². The van der Waals surface area contributed by atoms with Crippen molar-refractivity contribution in [3.05, 3.63) is 94.8 Å². The van der Waals surface area contributed by atoms with Crippen LogP contribution in [0.1, 0.15) is 34.5 Å². The number of hydrogen-bond donors (Lipinski definition) is 0. The molecule has 2 aromatic carbocycles. The lowest BCUT2D eigenvalue weighted by Crippen LogP contribution is -2.47. The Bertz CT molecular complexity index is 1220. The highest BCUT2D eigenvalue weighted by molar-refractivity contribution is 6.33. The maximum atomic E-state index is 13.8. The highest BCUT2D eigenvalue weighted by atomic mass is 35.5. The van der Waals surface area contributed by atoms with Gasteiger partial charge in [-0.2, -0.15) is 0 Å². The Morgan fingerprint density at radius 3 is 2.42 bits per heavy atom. The van der Waals surface area contributed by atoms with Gasteiger partial charge in [-0.1, -0.05) is 54.1 Å². The Morgan fingerprint density at radius 1 is 0.947 bits per heavy atom. The maximum absolute atomic E-state index is 13.8. The van der Waals surface area contributed by atoms with Crippen LogP contribution in [0.15, 0.2) is 72.9 Å². The average molecular weight is 535 g/mol. The largest absolute Gasteiger partial charge is 0.379 e. The Kier molecular flexibility index (Phi) is 8.79. The van der Waals surface area contributed by atoms with Crippen LogP contribution >= 0.6 is 11.6 Å². The van der Waals surface area contributed by atoms with E-state index in [-0.39, 0.29) is 24.4 Å². The van der Waals surface area contributed by atoms with Gasteiger partial charge in [0.15, 0.2) is 0 Å². The van der Waals surface area contributed by atoms with Crippen LogP contribution < -0.4 is 0 Å². The minimum absolute atomic E-state index is 0.0256. The van der Waals surface area contributed by atoms with Crippen LogP contribution in [-0.4, -0.2) is 83.1 Å². The molecule has 1 aromatic heterocycles. The molecular formula is C30H35ClN4O3. The van der Waals surface area contributed by atoms with Crippen LogP contribution in [-0.2, 0) is 22.6 Å². The maximum Gasteiger partial charge on any atom is 0.255 e. The first-order valence-corrected chi connectivity index (χ1v) is 13.8. The van der Waals surface area contributed by atoms with Gasteiger partial charge in [-0.3, -0.25) is 14.5 Å². The van der Waals surface area contributed by atoms with E-state index in [4.69, 9.17) is 16.3 Å². The summed E-state index contributed by atoms with van der Waals surface area (Å²) in [6, 6.07) is 21.7. The van der Waals surface area contributed by atoms with E-state index in [1.807, 2.05) is 35.2 Å². The molecule has 1 aliphatic carbocycles. The molecule has 0 unspecified atom stereocenters. The fourth-order valence-electron chi connectivity index (χ4n) is 4.91. The highest BCUT2D eigenvalue weighted by Crippen LogP contribution is 2.29. The topological polar surface area (TPSA) is 58.0 Å². The van der Waals surface area contributed by atoms with Crippen LogP contribution in [0.25, 0.3) is 0 Å². The Labute approximate surface area is 229 Å². The van der Waals surface area contributed by atoms with Crippen molar-refractivity contribution in [1.82, 2.24) is 19.3 Å². The third kappa shape index (κ3) is 6.84. The SMILES string of the molecule is O=C(c1ccccc1Cl)N(CCN1CCOCC1)CC(=O)N(Cc1cccn1Cc1ccccc1)C1CC1. The highest BCUT2D eigenvalue weighted by Gasteiger charge is 2.34. The van der Waals surface area contributed by atoms with E-state index in [0.717, 1.165) is 38.2 Å². The number of halogens is 1. The number of nitrogens with zero attached hydrogens (tertiary/aromatic N) is 4. The smallest absolute Gasteiger partial charge is 0.255 e. The summed E-state index contributed by atoms with van der Waals surface area (Å²) in [5.41, 5.74) is 2.74. The van der Waals surface area contributed by atoms with E-state index in [1.54, 1.807) is 23.1 Å². The fraction of sp³-hybridized carbons (Fsp3) is 0.400. The van der Waals surface area contributed by atoms with Crippen LogP contribution in [0.2, 0.25) is 5.02 Å². The number of amides is 2. The number of morpholine rings is 1. The van der Waals surface area contributed by atoms with Gasteiger partial charge in [-0.15, -0.1) is 0 Å². The van der Waals surface area contributed by atoms with Gasteiger partial charge in [0.25, 0.3) is 5.91 Å². The lowest BCUT2D eigenvalue weighted by atomic mass is 10.2. The predicted molar refractivity (Wildman–Crippen MR) is 148 cm³/mol. The lowest BCUT2D eigenvalue weighted by molar-refractivity contribution is -0.133. The molecule has 2 fully saturated rings. The molecule has 5 rings (SSSR count). The normalized spacial score (nSPS) is 15.8. The fourth-order valence-corrected chi connectivity index (χ4v) is 5.12.